The quantitative estimate of drug-likeness (QED) is 0.201. The van der Waals surface area contributed by atoms with Crippen molar-refractivity contribution in [1.82, 2.24) is 19.9 Å². The minimum absolute atomic E-state index is 0.923. The molecule has 0 radical (unpaired) electrons. The molecule has 7 aromatic rings. The molecular formula is C37H34N6. The first-order chi connectivity index (χ1) is 20.7. The molecule has 0 amide bonds. The van der Waals surface area contributed by atoms with Gasteiger partial charge in [0.1, 0.15) is 11.6 Å². The SMILES string of the molecule is Cc1cc(-c2ccc3ccc4c(C)cc(N(C)C)nc4c3n2)ccc1-c1ccc2ccc3c(C)cc(N(C)C)nc3c2n1. The topological polar surface area (TPSA) is 58.0 Å². The standard InChI is InChI=1S/C37H34N6/c1-21-18-26(30-16-11-24-8-14-28-22(2)19-32(42(4)5)40-36(28)34(24)38-30)10-13-27(21)31-17-12-25-9-15-29-23(3)20-33(43(6)7)41-37(29)35(25)39-31/h8-20H,1-7H3. The Balaban J connectivity index is 1.34. The molecule has 4 heterocycles. The van der Waals surface area contributed by atoms with E-state index < -0.39 is 0 Å². The van der Waals surface area contributed by atoms with Gasteiger partial charge in [-0.05, 0) is 67.8 Å². The Kier molecular flexibility index (Phi) is 6.24. The Morgan fingerprint density at radius 2 is 0.930 bits per heavy atom. The second-order valence-corrected chi connectivity index (χ2v) is 11.9. The molecule has 0 aliphatic rings. The van der Waals surface area contributed by atoms with Crippen LogP contribution in [-0.2, 0) is 0 Å². The van der Waals surface area contributed by atoms with Crippen LogP contribution in [0.2, 0.25) is 0 Å². The molecule has 0 saturated carbocycles. The second-order valence-electron chi connectivity index (χ2n) is 11.9. The molecule has 7 rings (SSSR count). The highest BCUT2D eigenvalue weighted by Crippen LogP contribution is 2.34. The average molecular weight is 563 g/mol. The van der Waals surface area contributed by atoms with Crippen LogP contribution in [-0.4, -0.2) is 48.1 Å². The summed E-state index contributed by atoms with van der Waals surface area (Å²) in [6.45, 7) is 6.42. The van der Waals surface area contributed by atoms with Crippen molar-refractivity contribution in [2.75, 3.05) is 38.0 Å². The Hall–Kier alpha value is -5.10. The normalized spacial score (nSPS) is 11.6. The van der Waals surface area contributed by atoms with E-state index in [9.17, 15) is 0 Å². The highest BCUT2D eigenvalue weighted by Gasteiger charge is 2.14. The highest BCUT2D eigenvalue weighted by atomic mass is 15.1. The molecule has 0 unspecified atom stereocenters. The van der Waals surface area contributed by atoms with Crippen LogP contribution in [0.15, 0.2) is 78.9 Å². The zero-order chi connectivity index (χ0) is 30.0. The van der Waals surface area contributed by atoms with E-state index in [-0.39, 0.29) is 0 Å². The summed E-state index contributed by atoms with van der Waals surface area (Å²) in [7, 11) is 8.09. The van der Waals surface area contributed by atoms with Gasteiger partial charge in [0.25, 0.3) is 0 Å². The van der Waals surface area contributed by atoms with Crippen molar-refractivity contribution < 1.29 is 0 Å². The fraction of sp³-hybridized carbons (Fsp3) is 0.189. The molecular weight excluding hydrogens is 528 g/mol. The molecule has 3 aromatic carbocycles. The van der Waals surface area contributed by atoms with Gasteiger partial charge < -0.3 is 9.80 Å². The third-order valence-electron chi connectivity index (χ3n) is 8.38. The molecule has 0 N–H and O–H groups in total. The molecule has 6 heteroatoms. The van der Waals surface area contributed by atoms with Gasteiger partial charge in [0.15, 0.2) is 0 Å². The number of hydrogen-bond acceptors (Lipinski definition) is 6. The number of aryl methyl sites for hydroxylation is 3. The lowest BCUT2D eigenvalue weighted by Gasteiger charge is -2.15. The number of benzene rings is 3. The van der Waals surface area contributed by atoms with Crippen LogP contribution in [0.5, 0.6) is 0 Å². The fourth-order valence-electron chi connectivity index (χ4n) is 5.93. The van der Waals surface area contributed by atoms with Crippen molar-refractivity contribution in [3.05, 3.63) is 95.6 Å². The predicted octanol–water partition coefficient (Wildman–Crippen LogP) is 8.27. The summed E-state index contributed by atoms with van der Waals surface area (Å²) in [5.41, 5.74) is 11.3. The summed E-state index contributed by atoms with van der Waals surface area (Å²) in [5.74, 6) is 1.87. The van der Waals surface area contributed by atoms with E-state index in [2.05, 4.69) is 99.6 Å². The molecule has 0 aliphatic heterocycles. The molecule has 4 aromatic heterocycles. The van der Waals surface area contributed by atoms with Gasteiger partial charge in [0.05, 0.1) is 33.5 Å². The number of pyridine rings is 4. The van der Waals surface area contributed by atoms with Gasteiger partial charge >= 0.3 is 0 Å². The van der Waals surface area contributed by atoms with E-state index in [0.717, 1.165) is 83.3 Å². The van der Waals surface area contributed by atoms with Crippen LogP contribution >= 0.6 is 0 Å². The van der Waals surface area contributed by atoms with Crippen molar-refractivity contribution >= 4 is 55.2 Å². The monoisotopic (exact) mass is 562 g/mol. The van der Waals surface area contributed by atoms with E-state index in [4.69, 9.17) is 19.9 Å². The Labute approximate surface area is 251 Å². The number of aromatic nitrogens is 4. The minimum Gasteiger partial charge on any atom is -0.363 e. The lowest BCUT2D eigenvalue weighted by atomic mass is 9.98. The number of rotatable bonds is 4. The van der Waals surface area contributed by atoms with Gasteiger partial charge in [-0.15, -0.1) is 0 Å². The lowest BCUT2D eigenvalue weighted by molar-refractivity contribution is 1.08. The number of anilines is 2. The first kappa shape index (κ1) is 26.8. The Morgan fingerprint density at radius 3 is 1.44 bits per heavy atom. The van der Waals surface area contributed by atoms with E-state index in [1.54, 1.807) is 0 Å². The number of fused-ring (bicyclic) bond motifs is 6. The predicted molar refractivity (Wildman–Crippen MR) is 181 cm³/mol. The Bertz CT molecular complexity index is 2230. The van der Waals surface area contributed by atoms with Gasteiger partial charge in [-0.3, -0.25) is 0 Å². The molecule has 6 nitrogen and oxygen atoms in total. The summed E-state index contributed by atoms with van der Waals surface area (Å²) in [5, 5.41) is 4.43. The molecule has 0 atom stereocenters. The first-order valence-corrected chi connectivity index (χ1v) is 14.6. The molecule has 0 spiro atoms. The van der Waals surface area contributed by atoms with Crippen molar-refractivity contribution in [1.29, 1.82) is 0 Å². The highest BCUT2D eigenvalue weighted by molar-refractivity contribution is 6.06. The Morgan fingerprint density at radius 1 is 0.442 bits per heavy atom. The van der Waals surface area contributed by atoms with Gasteiger partial charge in [-0.1, -0.05) is 48.5 Å². The summed E-state index contributed by atoms with van der Waals surface area (Å²) in [4.78, 5) is 24.4. The molecule has 0 bridgehead atoms. The zero-order valence-electron chi connectivity index (χ0n) is 25.7. The summed E-state index contributed by atoms with van der Waals surface area (Å²) >= 11 is 0. The van der Waals surface area contributed by atoms with E-state index in [0.29, 0.717) is 0 Å². The molecule has 43 heavy (non-hydrogen) atoms. The maximum atomic E-state index is 5.18. The molecule has 0 saturated heterocycles. The van der Waals surface area contributed by atoms with Crippen molar-refractivity contribution in [3.8, 4) is 22.5 Å². The summed E-state index contributed by atoms with van der Waals surface area (Å²) in [6, 6.07) is 27.9. The van der Waals surface area contributed by atoms with Crippen LogP contribution in [0, 0.1) is 20.8 Å². The molecule has 212 valence electrons. The molecule has 0 aliphatic carbocycles. The fourth-order valence-corrected chi connectivity index (χ4v) is 5.93. The van der Waals surface area contributed by atoms with Crippen molar-refractivity contribution in [2.45, 2.75) is 20.8 Å². The van der Waals surface area contributed by atoms with Gasteiger partial charge in [-0.25, -0.2) is 19.9 Å². The maximum Gasteiger partial charge on any atom is 0.129 e. The maximum absolute atomic E-state index is 5.18. The van der Waals surface area contributed by atoms with Crippen LogP contribution in [0.1, 0.15) is 16.7 Å². The van der Waals surface area contributed by atoms with E-state index in [1.807, 2.05) is 38.0 Å². The van der Waals surface area contributed by atoms with Crippen LogP contribution < -0.4 is 9.80 Å². The van der Waals surface area contributed by atoms with E-state index in [1.165, 1.54) is 11.1 Å². The average Bonchev–Trinajstić information content (AvgIpc) is 3.00. The van der Waals surface area contributed by atoms with Crippen LogP contribution in [0.4, 0.5) is 11.6 Å². The largest absolute Gasteiger partial charge is 0.363 e. The van der Waals surface area contributed by atoms with Crippen molar-refractivity contribution in [3.63, 3.8) is 0 Å². The first-order valence-electron chi connectivity index (χ1n) is 14.6. The van der Waals surface area contributed by atoms with Crippen LogP contribution in [0.25, 0.3) is 66.1 Å². The second kappa shape index (κ2) is 10.0. The van der Waals surface area contributed by atoms with Crippen LogP contribution in [0.3, 0.4) is 0 Å². The van der Waals surface area contributed by atoms with Gasteiger partial charge in [0.2, 0.25) is 0 Å². The minimum atomic E-state index is 0.923. The number of hydrogen-bond donors (Lipinski definition) is 0. The third-order valence-corrected chi connectivity index (χ3v) is 8.38. The third kappa shape index (κ3) is 4.50. The molecule has 0 fully saturated rings. The lowest BCUT2D eigenvalue weighted by Crippen LogP contribution is -2.11. The summed E-state index contributed by atoms with van der Waals surface area (Å²) < 4.78 is 0. The number of nitrogens with zero attached hydrogens (tertiary/aromatic N) is 6. The zero-order valence-corrected chi connectivity index (χ0v) is 25.7. The smallest absolute Gasteiger partial charge is 0.129 e. The summed E-state index contributed by atoms with van der Waals surface area (Å²) in [6.07, 6.45) is 0. The van der Waals surface area contributed by atoms with Crippen molar-refractivity contribution in [2.24, 2.45) is 0 Å². The van der Waals surface area contributed by atoms with Gasteiger partial charge in [-0.2, -0.15) is 0 Å². The van der Waals surface area contributed by atoms with Gasteiger partial charge in [0, 0.05) is 60.9 Å². The van der Waals surface area contributed by atoms with E-state index >= 15 is 0 Å².